The zero-order valence-corrected chi connectivity index (χ0v) is 15.9. The van der Waals surface area contributed by atoms with E-state index in [0.717, 1.165) is 0 Å². The van der Waals surface area contributed by atoms with E-state index in [1.54, 1.807) is 36.1 Å². The topological polar surface area (TPSA) is 69.0 Å². The zero-order valence-electron chi connectivity index (χ0n) is 15.1. The molecule has 1 aliphatic carbocycles. The Labute approximate surface area is 152 Å². The van der Waals surface area contributed by atoms with Gasteiger partial charge in [0.2, 0.25) is 5.88 Å². The fourth-order valence-corrected chi connectivity index (χ4v) is 3.52. The van der Waals surface area contributed by atoms with E-state index < -0.39 is 0 Å². The quantitative estimate of drug-likeness (QED) is 0.828. The molecule has 0 atom stereocenters. The predicted molar refractivity (Wildman–Crippen MR) is 96.3 cm³/mol. The molecular weight excluding hydrogens is 340 g/mol. The number of pyridine rings is 1. The van der Waals surface area contributed by atoms with Crippen LogP contribution in [0.4, 0.5) is 0 Å². The fraction of sp³-hybridized carbons (Fsp3) is 0.500. The average molecular weight is 363 g/mol. The highest BCUT2D eigenvalue weighted by atomic mass is 35.5. The molecule has 2 heterocycles. The number of ether oxygens (including phenoxy) is 1. The number of nitrogens with zero attached hydrogens (tertiary/aromatic N) is 3. The van der Waals surface area contributed by atoms with Crippen molar-refractivity contribution in [2.75, 3.05) is 13.7 Å². The molecule has 0 saturated heterocycles. The van der Waals surface area contributed by atoms with Crippen LogP contribution in [0.1, 0.15) is 38.1 Å². The van der Waals surface area contributed by atoms with Gasteiger partial charge in [-0.2, -0.15) is 0 Å². The molecular formula is C18H23ClN4O2. The lowest BCUT2D eigenvalue weighted by Crippen LogP contribution is -2.18. The molecule has 0 radical (unpaired) electrons. The Hall–Kier alpha value is -2.08. The Balaban J connectivity index is 1.70. The highest BCUT2D eigenvalue weighted by molar-refractivity contribution is 6.32. The highest BCUT2D eigenvalue weighted by Crippen LogP contribution is 2.68. The van der Waals surface area contributed by atoms with Crippen LogP contribution >= 0.6 is 11.6 Å². The maximum absolute atomic E-state index is 11.7. The summed E-state index contributed by atoms with van der Waals surface area (Å²) in [6.45, 7) is 9.69. The molecule has 0 aromatic carbocycles. The first-order valence-corrected chi connectivity index (χ1v) is 8.63. The summed E-state index contributed by atoms with van der Waals surface area (Å²) in [7, 11) is 1.55. The molecule has 0 bridgehead atoms. The molecule has 2 aromatic rings. The molecule has 0 unspecified atom stereocenters. The van der Waals surface area contributed by atoms with Crippen molar-refractivity contribution in [3.63, 3.8) is 0 Å². The van der Waals surface area contributed by atoms with Crippen LogP contribution in [0, 0.1) is 16.7 Å². The molecule has 2 aromatic heterocycles. The third-order valence-corrected chi connectivity index (χ3v) is 6.11. The molecule has 1 amide bonds. The first-order valence-electron chi connectivity index (χ1n) is 8.26. The number of rotatable bonds is 5. The predicted octanol–water partition coefficient (Wildman–Crippen LogP) is 3.34. The smallest absolute Gasteiger partial charge is 0.254 e. The normalized spacial score (nSPS) is 18.0. The number of nitrogens with one attached hydrogen (secondary N) is 1. The lowest BCUT2D eigenvalue weighted by molar-refractivity contribution is 0.0963. The number of hydrogen-bond acceptors (Lipinski definition) is 4. The van der Waals surface area contributed by atoms with Crippen molar-refractivity contribution in [2.45, 2.75) is 27.7 Å². The van der Waals surface area contributed by atoms with Crippen LogP contribution in [0.3, 0.4) is 0 Å². The summed E-state index contributed by atoms with van der Waals surface area (Å²) in [6, 6.07) is 5.12. The monoisotopic (exact) mass is 362 g/mol. The van der Waals surface area contributed by atoms with Gasteiger partial charge in [0.25, 0.3) is 5.91 Å². The number of aromatic nitrogens is 3. The van der Waals surface area contributed by atoms with Gasteiger partial charge in [-0.3, -0.25) is 4.79 Å². The van der Waals surface area contributed by atoms with Crippen LogP contribution in [0.15, 0.2) is 24.4 Å². The van der Waals surface area contributed by atoms with Gasteiger partial charge in [-0.25, -0.2) is 9.67 Å². The van der Waals surface area contributed by atoms with E-state index in [1.165, 1.54) is 0 Å². The second kappa shape index (κ2) is 6.02. The van der Waals surface area contributed by atoms with Gasteiger partial charge in [0.05, 0.1) is 12.2 Å². The Morgan fingerprint density at radius 3 is 2.52 bits per heavy atom. The van der Waals surface area contributed by atoms with Crippen LogP contribution in [0.2, 0.25) is 5.15 Å². The summed E-state index contributed by atoms with van der Waals surface area (Å²) < 4.78 is 7.44. The van der Waals surface area contributed by atoms with Crippen molar-refractivity contribution in [2.24, 2.45) is 16.7 Å². The maximum Gasteiger partial charge on any atom is 0.254 e. The Bertz CT molecular complexity index is 799. The molecule has 134 valence electrons. The number of halogens is 1. The Kier molecular flexibility index (Phi) is 4.27. The summed E-state index contributed by atoms with van der Waals surface area (Å²) in [6.07, 6.45) is 1.76. The van der Waals surface area contributed by atoms with Crippen molar-refractivity contribution in [3.05, 3.63) is 35.1 Å². The molecule has 3 rings (SSSR count). The van der Waals surface area contributed by atoms with Gasteiger partial charge in [0.1, 0.15) is 5.15 Å². The molecule has 25 heavy (non-hydrogen) atoms. The van der Waals surface area contributed by atoms with E-state index in [1.807, 2.05) is 0 Å². The van der Waals surface area contributed by atoms with Gasteiger partial charge in [0, 0.05) is 25.2 Å². The van der Waals surface area contributed by atoms with E-state index in [9.17, 15) is 4.79 Å². The molecule has 7 heteroatoms. The minimum atomic E-state index is -0.275. The van der Waals surface area contributed by atoms with Gasteiger partial charge in [0.15, 0.2) is 5.82 Å². The van der Waals surface area contributed by atoms with Crippen LogP contribution in [0.25, 0.3) is 5.82 Å². The van der Waals surface area contributed by atoms with Gasteiger partial charge >= 0.3 is 0 Å². The van der Waals surface area contributed by atoms with Gasteiger partial charge in [-0.05, 0) is 23.0 Å². The van der Waals surface area contributed by atoms with E-state index in [4.69, 9.17) is 16.3 Å². The third kappa shape index (κ3) is 2.99. The van der Waals surface area contributed by atoms with Crippen LogP contribution in [-0.4, -0.2) is 34.3 Å². The van der Waals surface area contributed by atoms with Crippen molar-refractivity contribution in [3.8, 4) is 11.7 Å². The Morgan fingerprint density at radius 2 is 1.96 bits per heavy atom. The van der Waals surface area contributed by atoms with Crippen LogP contribution in [-0.2, 0) is 0 Å². The standard InChI is InChI=1S/C18H23ClN4O2/c1-17(2)12(18(17,3)4)10-25-14-8-9-23(22-14)13-7-6-11(15(19)21-13)16(24)20-5/h6-9,12H,10H2,1-5H3,(H,20,24). The molecule has 1 saturated carbocycles. The minimum absolute atomic E-state index is 0.135. The molecule has 1 N–H and O–H groups in total. The largest absolute Gasteiger partial charge is 0.476 e. The first-order chi connectivity index (χ1) is 11.7. The van der Waals surface area contributed by atoms with Crippen LogP contribution in [0.5, 0.6) is 5.88 Å². The summed E-state index contributed by atoms with van der Waals surface area (Å²) in [4.78, 5) is 15.9. The fourth-order valence-electron chi connectivity index (χ4n) is 3.29. The lowest BCUT2D eigenvalue weighted by Gasteiger charge is -2.06. The lowest BCUT2D eigenvalue weighted by atomic mass is 10.0. The van der Waals surface area contributed by atoms with Crippen molar-refractivity contribution in [1.82, 2.24) is 20.1 Å². The summed E-state index contributed by atoms with van der Waals surface area (Å²) in [5, 5.41) is 7.05. The first kappa shape index (κ1) is 17.7. The second-order valence-electron chi connectivity index (χ2n) is 7.49. The van der Waals surface area contributed by atoms with Crippen molar-refractivity contribution >= 4 is 17.5 Å². The van der Waals surface area contributed by atoms with Crippen molar-refractivity contribution in [1.29, 1.82) is 0 Å². The molecule has 1 fully saturated rings. The zero-order chi connectivity index (χ0) is 18.4. The summed E-state index contributed by atoms with van der Waals surface area (Å²) >= 11 is 6.09. The summed E-state index contributed by atoms with van der Waals surface area (Å²) in [5.74, 6) is 1.30. The molecule has 0 aliphatic heterocycles. The minimum Gasteiger partial charge on any atom is -0.476 e. The van der Waals surface area contributed by atoms with Gasteiger partial charge in [-0.15, -0.1) is 5.10 Å². The van der Waals surface area contributed by atoms with Gasteiger partial charge in [-0.1, -0.05) is 39.3 Å². The molecule has 1 aliphatic rings. The van der Waals surface area contributed by atoms with E-state index >= 15 is 0 Å². The summed E-state index contributed by atoms with van der Waals surface area (Å²) in [5.41, 5.74) is 0.885. The number of carbonyl (C=O) groups excluding carboxylic acids is 1. The SMILES string of the molecule is CNC(=O)c1ccc(-n2ccc(OCC3C(C)(C)C3(C)C)n2)nc1Cl. The second-order valence-corrected chi connectivity index (χ2v) is 7.85. The van der Waals surface area contributed by atoms with E-state index in [-0.39, 0.29) is 21.9 Å². The van der Waals surface area contributed by atoms with Crippen LogP contribution < -0.4 is 10.1 Å². The molecule has 0 spiro atoms. The highest BCUT2D eigenvalue weighted by Gasteiger charge is 2.64. The number of amides is 1. The maximum atomic E-state index is 11.7. The van der Waals surface area contributed by atoms with Crippen molar-refractivity contribution < 1.29 is 9.53 Å². The van der Waals surface area contributed by atoms with Gasteiger partial charge < -0.3 is 10.1 Å². The number of hydrogen-bond donors (Lipinski definition) is 1. The Morgan fingerprint density at radius 1 is 1.28 bits per heavy atom. The van der Waals surface area contributed by atoms with E-state index in [2.05, 4.69) is 43.1 Å². The van der Waals surface area contributed by atoms with E-state index in [0.29, 0.717) is 29.8 Å². The molecule has 6 nitrogen and oxygen atoms in total. The third-order valence-electron chi connectivity index (χ3n) is 5.82. The average Bonchev–Trinajstić information content (AvgIpc) is 2.90. The number of carbonyl (C=O) groups is 1.